The van der Waals surface area contributed by atoms with Crippen molar-refractivity contribution in [1.29, 1.82) is 0 Å². The minimum absolute atomic E-state index is 0.281. The lowest BCUT2D eigenvalue weighted by Gasteiger charge is -2.13. The summed E-state index contributed by atoms with van der Waals surface area (Å²) in [5, 5.41) is 10.7. The molecule has 2 heteroatoms. The molecule has 0 bridgehead atoms. The van der Waals surface area contributed by atoms with Crippen LogP contribution < -0.4 is 0 Å². The maximum atomic E-state index is 9.45. The summed E-state index contributed by atoms with van der Waals surface area (Å²) >= 11 is 0. The smallest absolute Gasteiger partial charge is 0.0552 e. The van der Waals surface area contributed by atoms with E-state index in [1.165, 1.54) is 22.2 Å². The number of aliphatic hydroxyl groups is 1. The molecule has 2 rings (SSSR count). The largest absolute Gasteiger partial charge is 0.393 e. The Kier molecular flexibility index (Phi) is 3.25. The van der Waals surface area contributed by atoms with E-state index in [4.69, 9.17) is 0 Å². The zero-order chi connectivity index (χ0) is 12.6. The van der Waals surface area contributed by atoms with E-state index in [-0.39, 0.29) is 6.10 Å². The fourth-order valence-corrected chi connectivity index (χ4v) is 2.56. The number of benzene rings is 1. The van der Waals surface area contributed by atoms with E-state index in [1.807, 2.05) is 6.92 Å². The number of fused-ring (bicyclic) bond motifs is 1. The van der Waals surface area contributed by atoms with E-state index >= 15 is 0 Å². The Morgan fingerprint density at radius 2 is 1.88 bits per heavy atom. The normalized spacial score (nSPS) is 13.5. The number of aromatic nitrogens is 1. The van der Waals surface area contributed by atoms with E-state index < -0.39 is 0 Å². The Hall–Kier alpha value is -1.28. The van der Waals surface area contributed by atoms with Gasteiger partial charge in [0, 0.05) is 17.3 Å². The Morgan fingerprint density at radius 3 is 2.47 bits per heavy atom. The first-order valence-corrected chi connectivity index (χ1v) is 6.27. The second-order valence-electron chi connectivity index (χ2n) is 5.20. The zero-order valence-corrected chi connectivity index (χ0v) is 11.1. The third-order valence-corrected chi connectivity index (χ3v) is 3.15. The van der Waals surface area contributed by atoms with Crippen LogP contribution in [0, 0.1) is 6.92 Å². The van der Waals surface area contributed by atoms with Gasteiger partial charge in [-0.25, -0.2) is 0 Å². The first kappa shape index (κ1) is 12.2. The highest BCUT2D eigenvalue weighted by atomic mass is 16.3. The van der Waals surface area contributed by atoms with Crippen molar-refractivity contribution in [2.45, 2.75) is 46.3 Å². The van der Waals surface area contributed by atoms with Gasteiger partial charge < -0.3 is 9.67 Å². The van der Waals surface area contributed by atoms with Crippen molar-refractivity contribution in [3.05, 3.63) is 35.5 Å². The number of hydrogen-bond donors (Lipinski definition) is 1. The second-order valence-corrected chi connectivity index (χ2v) is 5.20. The van der Waals surface area contributed by atoms with Crippen LogP contribution in [0.15, 0.2) is 24.3 Å². The third kappa shape index (κ3) is 2.37. The van der Waals surface area contributed by atoms with Crippen LogP contribution in [0.4, 0.5) is 0 Å². The molecular formula is C15H21NO. The molecule has 92 valence electrons. The second kappa shape index (κ2) is 4.53. The minimum Gasteiger partial charge on any atom is -0.393 e. The molecule has 0 aliphatic rings. The van der Waals surface area contributed by atoms with Gasteiger partial charge in [-0.05, 0) is 57.2 Å². The quantitative estimate of drug-likeness (QED) is 0.860. The Bertz CT molecular complexity index is 523. The molecule has 17 heavy (non-hydrogen) atoms. The van der Waals surface area contributed by atoms with E-state index in [0.29, 0.717) is 6.04 Å². The Balaban J connectivity index is 2.54. The fourth-order valence-electron chi connectivity index (χ4n) is 2.56. The number of rotatable bonds is 3. The molecular weight excluding hydrogens is 210 g/mol. The lowest BCUT2D eigenvalue weighted by Crippen LogP contribution is -2.05. The minimum atomic E-state index is -0.281. The maximum Gasteiger partial charge on any atom is 0.0552 e. The van der Waals surface area contributed by atoms with E-state index in [9.17, 15) is 5.11 Å². The van der Waals surface area contributed by atoms with Gasteiger partial charge in [0.1, 0.15) is 0 Å². The highest BCUT2D eigenvalue weighted by Gasteiger charge is 2.09. The predicted octanol–water partition coefficient (Wildman–Crippen LogP) is 3.45. The van der Waals surface area contributed by atoms with Crippen molar-refractivity contribution in [2.75, 3.05) is 0 Å². The van der Waals surface area contributed by atoms with Gasteiger partial charge in [-0.2, -0.15) is 0 Å². The van der Waals surface area contributed by atoms with Gasteiger partial charge in [0.05, 0.1) is 6.10 Å². The van der Waals surface area contributed by atoms with Crippen LogP contribution in [-0.4, -0.2) is 15.8 Å². The maximum absolute atomic E-state index is 9.45. The van der Waals surface area contributed by atoms with Crippen molar-refractivity contribution in [3.63, 3.8) is 0 Å². The van der Waals surface area contributed by atoms with Crippen LogP contribution in [0.2, 0.25) is 0 Å². The molecule has 0 fully saturated rings. The lowest BCUT2D eigenvalue weighted by atomic mass is 10.1. The summed E-state index contributed by atoms with van der Waals surface area (Å²) in [5.74, 6) is 0. The van der Waals surface area contributed by atoms with Crippen molar-refractivity contribution in [3.8, 4) is 0 Å². The van der Waals surface area contributed by atoms with Crippen LogP contribution in [0.1, 0.15) is 38.1 Å². The average Bonchev–Trinajstić information content (AvgIpc) is 2.52. The number of aliphatic hydroxyl groups excluding tert-OH is 1. The van der Waals surface area contributed by atoms with Crippen LogP contribution >= 0.6 is 0 Å². The van der Waals surface area contributed by atoms with Crippen molar-refractivity contribution < 1.29 is 5.11 Å². The SMILES string of the molecule is Cc1cc2ccc(CC(C)O)cc2n1C(C)C. The monoisotopic (exact) mass is 231 g/mol. The van der Waals surface area contributed by atoms with Crippen molar-refractivity contribution in [1.82, 2.24) is 4.57 Å². The van der Waals surface area contributed by atoms with Crippen LogP contribution in [0.5, 0.6) is 0 Å². The topological polar surface area (TPSA) is 25.2 Å². The van der Waals surface area contributed by atoms with Gasteiger partial charge >= 0.3 is 0 Å². The van der Waals surface area contributed by atoms with Crippen molar-refractivity contribution in [2.24, 2.45) is 0 Å². The number of hydrogen-bond acceptors (Lipinski definition) is 1. The summed E-state index contributed by atoms with van der Waals surface area (Å²) in [5.41, 5.74) is 3.77. The zero-order valence-electron chi connectivity index (χ0n) is 11.1. The molecule has 0 spiro atoms. The summed E-state index contributed by atoms with van der Waals surface area (Å²) in [6, 6.07) is 9.16. The van der Waals surface area contributed by atoms with E-state index in [2.05, 4.69) is 49.6 Å². The number of nitrogens with zero attached hydrogens (tertiary/aromatic N) is 1. The molecule has 0 aliphatic heterocycles. The van der Waals surface area contributed by atoms with Gasteiger partial charge in [-0.15, -0.1) is 0 Å². The summed E-state index contributed by atoms with van der Waals surface area (Å²) < 4.78 is 2.35. The molecule has 1 atom stereocenters. The highest BCUT2D eigenvalue weighted by molar-refractivity contribution is 5.82. The molecule has 1 aromatic heterocycles. The summed E-state index contributed by atoms with van der Waals surface area (Å²) in [4.78, 5) is 0. The molecule has 2 nitrogen and oxygen atoms in total. The summed E-state index contributed by atoms with van der Waals surface area (Å²) in [6.07, 6.45) is 0.439. The van der Waals surface area contributed by atoms with Crippen LogP contribution in [0.25, 0.3) is 10.9 Å². The third-order valence-electron chi connectivity index (χ3n) is 3.15. The lowest BCUT2D eigenvalue weighted by molar-refractivity contribution is 0.195. The molecule has 0 aliphatic carbocycles. The van der Waals surface area contributed by atoms with Gasteiger partial charge in [-0.1, -0.05) is 12.1 Å². The Labute approximate surface area is 103 Å². The standard InChI is InChI=1S/C15H21NO/c1-10(2)16-11(3)7-14-6-5-13(8-12(4)17)9-15(14)16/h5-7,9-10,12,17H,8H2,1-4H3. The van der Waals surface area contributed by atoms with Crippen LogP contribution in [0.3, 0.4) is 0 Å². The first-order chi connectivity index (χ1) is 7.99. The first-order valence-electron chi connectivity index (χ1n) is 6.27. The fraction of sp³-hybridized carbons (Fsp3) is 0.467. The van der Waals surface area contributed by atoms with Gasteiger partial charge in [0.15, 0.2) is 0 Å². The molecule has 1 unspecified atom stereocenters. The molecule has 0 saturated heterocycles. The van der Waals surface area contributed by atoms with Gasteiger partial charge in [0.2, 0.25) is 0 Å². The van der Waals surface area contributed by atoms with E-state index in [1.54, 1.807) is 0 Å². The molecule has 1 N–H and O–H groups in total. The van der Waals surface area contributed by atoms with Gasteiger partial charge in [-0.3, -0.25) is 0 Å². The Morgan fingerprint density at radius 1 is 1.18 bits per heavy atom. The molecule has 2 aromatic rings. The van der Waals surface area contributed by atoms with Crippen molar-refractivity contribution >= 4 is 10.9 Å². The molecule has 0 saturated carbocycles. The number of aryl methyl sites for hydroxylation is 1. The molecule has 0 amide bonds. The van der Waals surface area contributed by atoms with E-state index in [0.717, 1.165) is 6.42 Å². The molecule has 0 radical (unpaired) electrons. The molecule has 1 heterocycles. The summed E-state index contributed by atoms with van der Waals surface area (Å²) in [7, 11) is 0. The molecule has 1 aromatic carbocycles. The highest BCUT2D eigenvalue weighted by Crippen LogP contribution is 2.25. The predicted molar refractivity (Wildman–Crippen MR) is 72.4 cm³/mol. The average molecular weight is 231 g/mol. The summed E-state index contributed by atoms with van der Waals surface area (Å²) in [6.45, 7) is 8.38. The van der Waals surface area contributed by atoms with Crippen LogP contribution in [-0.2, 0) is 6.42 Å². The van der Waals surface area contributed by atoms with Gasteiger partial charge in [0.25, 0.3) is 0 Å².